The second kappa shape index (κ2) is 4.79. The van der Waals surface area contributed by atoms with Gasteiger partial charge in [0.2, 0.25) is 0 Å². The number of hydrogen-bond donors (Lipinski definition) is 0. The Morgan fingerprint density at radius 1 is 1.31 bits per heavy atom. The predicted molar refractivity (Wildman–Crippen MR) is 70.8 cm³/mol. The van der Waals surface area contributed by atoms with Crippen LogP contribution in [-0.4, -0.2) is 4.98 Å². The molecule has 0 aliphatic heterocycles. The van der Waals surface area contributed by atoms with Gasteiger partial charge in [-0.3, -0.25) is 0 Å². The van der Waals surface area contributed by atoms with Crippen molar-refractivity contribution in [2.24, 2.45) is 5.92 Å². The molecule has 16 heavy (non-hydrogen) atoms. The van der Waals surface area contributed by atoms with Crippen LogP contribution >= 0.6 is 11.3 Å². The minimum atomic E-state index is 0.712. The molecule has 0 amide bonds. The second-order valence-electron chi connectivity index (χ2n) is 4.61. The summed E-state index contributed by atoms with van der Waals surface area (Å²) in [5, 5.41) is 2.09. The van der Waals surface area contributed by atoms with Crippen molar-refractivity contribution in [1.29, 1.82) is 0 Å². The van der Waals surface area contributed by atoms with Crippen LogP contribution in [0.25, 0.3) is 11.3 Å². The predicted octanol–water partition coefficient (Wildman–Crippen LogP) is 4.32. The summed E-state index contributed by atoms with van der Waals surface area (Å²) in [6.45, 7) is 6.70. The van der Waals surface area contributed by atoms with Crippen LogP contribution in [0, 0.1) is 12.8 Å². The summed E-state index contributed by atoms with van der Waals surface area (Å²) < 4.78 is 0. The molecule has 0 spiro atoms. The first-order chi connectivity index (χ1) is 7.66. The summed E-state index contributed by atoms with van der Waals surface area (Å²) in [6.07, 6.45) is 1.16. The van der Waals surface area contributed by atoms with Crippen LogP contribution in [0.15, 0.2) is 29.1 Å². The highest BCUT2D eigenvalue weighted by molar-refractivity contribution is 7.07. The number of thiazole rings is 1. The Morgan fingerprint density at radius 2 is 2.12 bits per heavy atom. The molecule has 0 atom stereocenters. The Morgan fingerprint density at radius 3 is 2.69 bits per heavy atom. The maximum absolute atomic E-state index is 4.34. The molecule has 0 unspecified atom stereocenters. The number of nitrogens with zero attached hydrogens (tertiary/aromatic N) is 1. The van der Waals surface area contributed by atoms with Gasteiger partial charge in [0.15, 0.2) is 0 Å². The molecular weight excluding hydrogens is 214 g/mol. The highest BCUT2D eigenvalue weighted by Gasteiger charge is 2.05. The first-order valence-electron chi connectivity index (χ1n) is 5.65. The SMILES string of the molecule is Cc1cc(-c2cscn2)ccc1CC(C)C. The van der Waals surface area contributed by atoms with Crippen molar-refractivity contribution >= 4 is 11.3 Å². The lowest BCUT2D eigenvalue weighted by molar-refractivity contribution is 0.645. The zero-order chi connectivity index (χ0) is 11.5. The Labute approximate surface area is 101 Å². The van der Waals surface area contributed by atoms with Crippen LogP contribution in [-0.2, 0) is 6.42 Å². The van der Waals surface area contributed by atoms with Gasteiger partial charge in [-0.15, -0.1) is 11.3 Å². The minimum Gasteiger partial charge on any atom is -0.245 e. The number of hydrogen-bond acceptors (Lipinski definition) is 2. The van der Waals surface area contributed by atoms with Gasteiger partial charge >= 0.3 is 0 Å². The van der Waals surface area contributed by atoms with Crippen LogP contribution < -0.4 is 0 Å². The van der Waals surface area contributed by atoms with Gasteiger partial charge in [-0.05, 0) is 36.5 Å². The normalized spacial score (nSPS) is 11.0. The van der Waals surface area contributed by atoms with E-state index in [1.54, 1.807) is 11.3 Å². The average Bonchev–Trinajstić information content (AvgIpc) is 2.73. The molecule has 0 saturated heterocycles. The van der Waals surface area contributed by atoms with E-state index in [-0.39, 0.29) is 0 Å². The van der Waals surface area contributed by atoms with Crippen LogP contribution in [0.3, 0.4) is 0 Å². The van der Waals surface area contributed by atoms with E-state index in [0.29, 0.717) is 5.92 Å². The summed E-state index contributed by atoms with van der Waals surface area (Å²) in [7, 11) is 0. The van der Waals surface area contributed by atoms with E-state index in [2.05, 4.69) is 49.3 Å². The van der Waals surface area contributed by atoms with Crippen molar-refractivity contribution in [3.8, 4) is 11.3 Å². The fraction of sp³-hybridized carbons (Fsp3) is 0.357. The molecule has 1 nitrogen and oxygen atoms in total. The van der Waals surface area contributed by atoms with E-state index >= 15 is 0 Å². The number of aromatic nitrogens is 1. The highest BCUT2D eigenvalue weighted by Crippen LogP contribution is 2.23. The van der Waals surface area contributed by atoms with Crippen LogP contribution in [0.2, 0.25) is 0 Å². The van der Waals surface area contributed by atoms with Gasteiger partial charge in [0.05, 0.1) is 11.2 Å². The minimum absolute atomic E-state index is 0.712. The fourth-order valence-corrected chi connectivity index (χ4v) is 2.44. The van der Waals surface area contributed by atoms with E-state index in [9.17, 15) is 0 Å². The Bertz CT molecular complexity index is 458. The summed E-state index contributed by atoms with van der Waals surface area (Å²) in [4.78, 5) is 4.34. The first kappa shape index (κ1) is 11.3. The van der Waals surface area contributed by atoms with E-state index in [1.165, 1.54) is 16.7 Å². The van der Waals surface area contributed by atoms with Crippen molar-refractivity contribution in [3.05, 3.63) is 40.2 Å². The van der Waals surface area contributed by atoms with Gasteiger partial charge in [-0.1, -0.05) is 26.0 Å². The molecule has 0 saturated carbocycles. The standard InChI is InChI=1S/C14H17NS/c1-10(2)6-12-4-5-13(7-11(12)3)14-8-16-9-15-14/h4-5,7-10H,6H2,1-3H3. The van der Waals surface area contributed by atoms with Gasteiger partial charge in [0, 0.05) is 10.9 Å². The maximum atomic E-state index is 4.34. The van der Waals surface area contributed by atoms with Gasteiger partial charge in [0.1, 0.15) is 0 Å². The van der Waals surface area contributed by atoms with Gasteiger partial charge in [-0.2, -0.15) is 0 Å². The summed E-state index contributed by atoms with van der Waals surface area (Å²) in [5.74, 6) is 0.712. The number of benzene rings is 1. The Kier molecular flexibility index (Phi) is 3.39. The van der Waals surface area contributed by atoms with E-state index < -0.39 is 0 Å². The van der Waals surface area contributed by atoms with Crippen LogP contribution in [0.5, 0.6) is 0 Å². The Hall–Kier alpha value is -1.15. The molecule has 2 heteroatoms. The Balaban J connectivity index is 2.29. The third-order valence-corrected chi connectivity index (χ3v) is 3.29. The van der Waals surface area contributed by atoms with Crippen molar-refractivity contribution in [2.75, 3.05) is 0 Å². The van der Waals surface area contributed by atoms with Crippen LogP contribution in [0.4, 0.5) is 0 Å². The van der Waals surface area contributed by atoms with Crippen molar-refractivity contribution < 1.29 is 0 Å². The lowest BCUT2D eigenvalue weighted by atomic mass is 9.96. The number of rotatable bonds is 3. The largest absolute Gasteiger partial charge is 0.245 e. The molecule has 1 heterocycles. The summed E-state index contributed by atoms with van der Waals surface area (Å²) in [5.41, 5.74) is 7.02. The van der Waals surface area contributed by atoms with Gasteiger partial charge < -0.3 is 0 Å². The van der Waals surface area contributed by atoms with Gasteiger partial charge in [-0.25, -0.2) is 4.98 Å². The molecule has 2 aromatic rings. The van der Waals surface area contributed by atoms with Gasteiger partial charge in [0.25, 0.3) is 0 Å². The topological polar surface area (TPSA) is 12.9 Å². The fourth-order valence-electron chi connectivity index (χ4n) is 1.88. The third kappa shape index (κ3) is 2.50. The molecule has 0 radical (unpaired) electrons. The summed E-state index contributed by atoms with van der Waals surface area (Å²) >= 11 is 1.64. The first-order valence-corrected chi connectivity index (χ1v) is 6.59. The highest BCUT2D eigenvalue weighted by atomic mass is 32.1. The summed E-state index contributed by atoms with van der Waals surface area (Å²) in [6, 6.07) is 6.66. The molecular formula is C14H17NS. The zero-order valence-corrected chi connectivity index (χ0v) is 10.8. The number of aryl methyl sites for hydroxylation is 1. The van der Waals surface area contributed by atoms with Crippen molar-refractivity contribution in [1.82, 2.24) is 4.98 Å². The molecule has 1 aromatic carbocycles. The molecule has 2 rings (SSSR count). The van der Waals surface area contributed by atoms with E-state index in [0.717, 1.165) is 12.1 Å². The lowest BCUT2D eigenvalue weighted by Crippen LogP contribution is -1.96. The third-order valence-electron chi connectivity index (χ3n) is 2.70. The van der Waals surface area contributed by atoms with E-state index in [4.69, 9.17) is 0 Å². The van der Waals surface area contributed by atoms with E-state index in [1.807, 2.05) is 5.51 Å². The molecule has 0 aliphatic rings. The molecule has 0 fully saturated rings. The van der Waals surface area contributed by atoms with Crippen LogP contribution in [0.1, 0.15) is 25.0 Å². The average molecular weight is 231 g/mol. The second-order valence-corrected chi connectivity index (χ2v) is 5.33. The van der Waals surface area contributed by atoms with Crippen molar-refractivity contribution in [3.63, 3.8) is 0 Å². The quantitative estimate of drug-likeness (QED) is 0.766. The smallest absolute Gasteiger partial charge is 0.0811 e. The van der Waals surface area contributed by atoms with Crippen molar-refractivity contribution in [2.45, 2.75) is 27.2 Å². The molecule has 84 valence electrons. The monoisotopic (exact) mass is 231 g/mol. The molecule has 0 bridgehead atoms. The maximum Gasteiger partial charge on any atom is 0.0811 e. The molecule has 1 aromatic heterocycles. The molecule has 0 N–H and O–H groups in total. The zero-order valence-electron chi connectivity index (χ0n) is 10.0. The lowest BCUT2D eigenvalue weighted by Gasteiger charge is -2.09. The molecule has 0 aliphatic carbocycles.